The van der Waals surface area contributed by atoms with Gasteiger partial charge in [0, 0.05) is 0 Å². The summed E-state index contributed by atoms with van der Waals surface area (Å²) in [4.78, 5) is 0. The summed E-state index contributed by atoms with van der Waals surface area (Å²) in [7, 11) is 0. The second-order valence-electron chi connectivity index (χ2n) is 5.04. The van der Waals surface area contributed by atoms with Crippen LogP contribution in [0, 0.1) is 6.42 Å². The molecule has 0 aliphatic rings. The summed E-state index contributed by atoms with van der Waals surface area (Å²) in [5, 5.41) is 0. The van der Waals surface area contributed by atoms with E-state index >= 15 is 0 Å². The van der Waals surface area contributed by atoms with Gasteiger partial charge in [-0.25, -0.2) is 0 Å². The van der Waals surface area contributed by atoms with E-state index in [1.54, 1.807) is 0 Å². The van der Waals surface area contributed by atoms with Crippen LogP contribution in [-0.2, 0) is 0 Å². The van der Waals surface area contributed by atoms with Crippen LogP contribution in [0.15, 0.2) is 12.2 Å². The van der Waals surface area contributed by atoms with Crippen molar-refractivity contribution in [3.05, 3.63) is 18.6 Å². The van der Waals surface area contributed by atoms with Crippen LogP contribution >= 0.6 is 0 Å². The molecule has 0 aliphatic carbocycles. The van der Waals surface area contributed by atoms with Crippen molar-refractivity contribution in [2.75, 3.05) is 0 Å². The average molecular weight is 237 g/mol. The summed E-state index contributed by atoms with van der Waals surface area (Å²) < 4.78 is 0. The highest BCUT2D eigenvalue weighted by Gasteiger charge is 1.91. The second-order valence-corrected chi connectivity index (χ2v) is 5.04. The number of unbranched alkanes of at least 4 members (excludes halogenated alkanes) is 11. The minimum Gasteiger partial charge on any atom is -0.0882 e. The first-order chi connectivity index (χ1) is 8.41. The van der Waals surface area contributed by atoms with Crippen LogP contribution in [-0.4, -0.2) is 0 Å². The van der Waals surface area contributed by atoms with E-state index in [1.165, 1.54) is 70.6 Å². The molecule has 0 N–H and O–H groups in total. The van der Waals surface area contributed by atoms with Crippen molar-refractivity contribution in [2.24, 2.45) is 0 Å². The molecule has 0 rings (SSSR count). The third-order valence-electron chi connectivity index (χ3n) is 3.23. The van der Waals surface area contributed by atoms with Crippen LogP contribution in [0.3, 0.4) is 0 Å². The summed E-state index contributed by atoms with van der Waals surface area (Å²) in [6.07, 6.45) is 23.5. The number of rotatable bonds is 13. The lowest BCUT2D eigenvalue weighted by Crippen LogP contribution is -1.81. The van der Waals surface area contributed by atoms with Gasteiger partial charge in [-0.3, -0.25) is 0 Å². The predicted molar refractivity (Wildman–Crippen MR) is 80.2 cm³/mol. The van der Waals surface area contributed by atoms with Gasteiger partial charge in [0.15, 0.2) is 0 Å². The molecule has 0 aromatic carbocycles. The van der Waals surface area contributed by atoms with Gasteiger partial charge in [-0.05, 0) is 25.7 Å². The molecule has 0 nitrogen and oxygen atoms in total. The van der Waals surface area contributed by atoms with Gasteiger partial charge in [-0.15, -0.1) is 0 Å². The lowest BCUT2D eigenvalue weighted by atomic mass is 10.1. The third kappa shape index (κ3) is 15.7. The summed E-state index contributed by atoms with van der Waals surface area (Å²) >= 11 is 0. The Morgan fingerprint density at radius 2 is 1.18 bits per heavy atom. The SMILES string of the molecule is CC[CH]/C=C/CCCCCCCCCCCC. The van der Waals surface area contributed by atoms with Gasteiger partial charge in [-0.1, -0.05) is 83.8 Å². The molecule has 0 heteroatoms. The molecule has 0 aliphatic heterocycles. The molecule has 1 radical (unpaired) electrons. The highest BCUT2D eigenvalue weighted by molar-refractivity contribution is 4.93. The summed E-state index contributed by atoms with van der Waals surface area (Å²) in [6.45, 7) is 4.47. The van der Waals surface area contributed by atoms with Crippen LogP contribution in [0.25, 0.3) is 0 Å². The van der Waals surface area contributed by atoms with Crippen molar-refractivity contribution >= 4 is 0 Å². The summed E-state index contributed by atoms with van der Waals surface area (Å²) in [6, 6.07) is 0. The van der Waals surface area contributed by atoms with E-state index < -0.39 is 0 Å². The fraction of sp³-hybridized carbons (Fsp3) is 0.824. The molecule has 101 valence electrons. The lowest BCUT2D eigenvalue weighted by Gasteiger charge is -2.01. The Hall–Kier alpha value is -0.260. The van der Waals surface area contributed by atoms with Crippen molar-refractivity contribution in [2.45, 2.75) is 90.9 Å². The Balaban J connectivity index is 2.94. The van der Waals surface area contributed by atoms with Gasteiger partial charge >= 0.3 is 0 Å². The Morgan fingerprint density at radius 1 is 0.647 bits per heavy atom. The maximum absolute atomic E-state index is 2.31. The zero-order valence-corrected chi connectivity index (χ0v) is 12.2. The van der Waals surface area contributed by atoms with Crippen LogP contribution in [0.2, 0.25) is 0 Å². The van der Waals surface area contributed by atoms with Gasteiger partial charge < -0.3 is 0 Å². The molecule has 17 heavy (non-hydrogen) atoms. The molecule has 0 saturated carbocycles. The van der Waals surface area contributed by atoms with Crippen LogP contribution in [0.4, 0.5) is 0 Å². The van der Waals surface area contributed by atoms with Crippen LogP contribution in [0.1, 0.15) is 90.9 Å². The Morgan fingerprint density at radius 3 is 1.71 bits per heavy atom. The van der Waals surface area contributed by atoms with Crippen molar-refractivity contribution in [3.63, 3.8) is 0 Å². The molecule has 0 atom stereocenters. The topological polar surface area (TPSA) is 0 Å². The van der Waals surface area contributed by atoms with Crippen LogP contribution < -0.4 is 0 Å². The van der Waals surface area contributed by atoms with E-state index in [9.17, 15) is 0 Å². The van der Waals surface area contributed by atoms with E-state index in [0.717, 1.165) is 6.42 Å². The number of hydrogen-bond donors (Lipinski definition) is 0. The number of hydrogen-bond acceptors (Lipinski definition) is 0. The quantitative estimate of drug-likeness (QED) is 0.322. The first-order valence-electron chi connectivity index (χ1n) is 7.90. The summed E-state index contributed by atoms with van der Waals surface area (Å²) in [5.41, 5.74) is 0. The van der Waals surface area contributed by atoms with Crippen molar-refractivity contribution < 1.29 is 0 Å². The maximum Gasteiger partial charge on any atom is -0.0173 e. The molecule has 0 aromatic rings. The smallest absolute Gasteiger partial charge is 0.0173 e. The Kier molecular flexibility index (Phi) is 15.5. The van der Waals surface area contributed by atoms with Gasteiger partial charge in [0.05, 0.1) is 0 Å². The van der Waals surface area contributed by atoms with E-state index in [-0.39, 0.29) is 0 Å². The van der Waals surface area contributed by atoms with Gasteiger partial charge in [-0.2, -0.15) is 0 Å². The minimum atomic E-state index is 1.16. The van der Waals surface area contributed by atoms with Gasteiger partial charge in [0.1, 0.15) is 0 Å². The molecular weight excluding hydrogens is 204 g/mol. The fourth-order valence-corrected chi connectivity index (χ4v) is 2.08. The molecule has 0 amide bonds. The van der Waals surface area contributed by atoms with E-state index in [4.69, 9.17) is 0 Å². The van der Waals surface area contributed by atoms with E-state index in [2.05, 4.69) is 32.4 Å². The van der Waals surface area contributed by atoms with Crippen molar-refractivity contribution in [3.8, 4) is 0 Å². The second kappa shape index (κ2) is 15.7. The lowest BCUT2D eigenvalue weighted by molar-refractivity contribution is 0.557. The molecule has 0 saturated heterocycles. The average Bonchev–Trinajstić information content (AvgIpc) is 2.35. The largest absolute Gasteiger partial charge is 0.0882 e. The molecule has 0 fully saturated rings. The highest BCUT2D eigenvalue weighted by atomic mass is 14.0. The highest BCUT2D eigenvalue weighted by Crippen LogP contribution is 2.11. The summed E-state index contributed by atoms with van der Waals surface area (Å²) in [5.74, 6) is 0. The van der Waals surface area contributed by atoms with Gasteiger partial charge in [0.25, 0.3) is 0 Å². The third-order valence-corrected chi connectivity index (χ3v) is 3.23. The normalized spacial score (nSPS) is 11.4. The molecular formula is C17H33. The molecule has 0 heterocycles. The monoisotopic (exact) mass is 237 g/mol. The standard InChI is InChI=1S/C17H33/c1-3-5-7-9-11-13-15-17-16-14-12-10-8-6-4-2/h5,7,9H,3-4,6,8,10-17H2,1-2H3/b9-7+. The zero-order chi connectivity index (χ0) is 12.6. The Bertz CT molecular complexity index is 146. The molecule has 0 bridgehead atoms. The molecule has 0 unspecified atom stereocenters. The van der Waals surface area contributed by atoms with Crippen molar-refractivity contribution in [1.29, 1.82) is 0 Å². The Labute approximate surface area is 110 Å². The predicted octanol–water partition coefficient (Wildman–Crippen LogP) is 6.47. The first-order valence-corrected chi connectivity index (χ1v) is 7.90. The number of allylic oxidation sites excluding steroid dienone is 2. The molecule has 0 spiro atoms. The van der Waals surface area contributed by atoms with E-state index in [1.807, 2.05) is 0 Å². The van der Waals surface area contributed by atoms with E-state index in [0.29, 0.717) is 0 Å². The molecule has 0 aromatic heterocycles. The zero-order valence-electron chi connectivity index (χ0n) is 12.2. The maximum atomic E-state index is 2.31. The first kappa shape index (κ1) is 16.7. The van der Waals surface area contributed by atoms with Crippen LogP contribution in [0.5, 0.6) is 0 Å². The van der Waals surface area contributed by atoms with Gasteiger partial charge in [0.2, 0.25) is 0 Å². The fourth-order valence-electron chi connectivity index (χ4n) is 2.08. The minimum absolute atomic E-state index is 1.16. The van der Waals surface area contributed by atoms with Crippen molar-refractivity contribution in [1.82, 2.24) is 0 Å².